The van der Waals surface area contributed by atoms with Gasteiger partial charge in [0.05, 0.1) is 6.21 Å². The zero-order chi connectivity index (χ0) is 19.5. The van der Waals surface area contributed by atoms with Gasteiger partial charge in [0.2, 0.25) is 0 Å². The number of carbonyl (C=O) groups is 1. The molecule has 0 aromatic heterocycles. The predicted molar refractivity (Wildman–Crippen MR) is 104 cm³/mol. The summed E-state index contributed by atoms with van der Waals surface area (Å²) in [4.78, 5) is 14.5. The number of hydrazone groups is 1. The second kappa shape index (κ2) is 7.60. The van der Waals surface area contributed by atoms with Crippen molar-refractivity contribution in [2.75, 3.05) is 4.90 Å². The minimum absolute atomic E-state index is 0.263. The number of fused-ring (bicyclic) bond motifs is 1. The van der Waals surface area contributed by atoms with Crippen LogP contribution in [0.1, 0.15) is 27.0 Å². The van der Waals surface area contributed by atoms with Crippen molar-refractivity contribution in [1.82, 2.24) is 5.43 Å². The van der Waals surface area contributed by atoms with Crippen LogP contribution in [0, 0.1) is 11.6 Å². The molecule has 140 valence electrons. The van der Waals surface area contributed by atoms with Crippen LogP contribution in [0.25, 0.3) is 0 Å². The van der Waals surface area contributed by atoms with Crippen molar-refractivity contribution < 1.29 is 13.6 Å². The van der Waals surface area contributed by atoms with E-state index in [2.05, 4.69) is 15.4 Å². The van der Waals surface area contributed by atoms with Crippen LogP contribution in [0.15, 0.2) is 71.8 Å². The molecule has 0 aliphatic carbocycles. The number of anilines is 1. The van der Waals surface area contributed by atoms with E-state index >= 15 is 0 Å². The molecule has 6 heteroatoms. The second-order valence-electron chi connectivity index (χ2n) is 6.57. The van der Waals surface area contributed by atoms with Crippen molar-refractivity contribution in [3.05, 3.63) is 101 Å². The highest BCUT2D eigenvalue weighted by molar-refractivity contribution is 5.95. The maximum absolute atomic E-state index is 13.1. The lowest BCUT2D eigenvalue weighted by atomic mass is 10.1. The molecule has 0 radical (unpaired) electrons. The molecule has 0 bridgehead atoms. The number of halogens is 2. The first-order valence-electron chi connectivity index (χ1n) is 8.80. The van der Waals surface area contributed by atoms with Gasteiger partial charge in [-0.15, -0.1) is 0 Å². The molecule has 1 N–H and O–H groups in total. The van der Waals surface area contributed by atoms with Crippen molar-refractivity contribution in [3.63, 3.8) is 0 Å². The summed E-state index contributed by atoms with van der Waals surface area (Å²) >= 11 is 0. The molecule has 3 aromatic carbocycles. The SMILES string of the molecule is O=C(N/N=C/c1ccc(F)cc1)c1ccc2c(c1)CN(c1ccc(F)cc1)C2. The van der Waals surface area contributed by atoms with E-state index < -0.39 is 0 Å². The van der Waals surface area contributed by atoms with E-state index in [0.29, 0.717) is 24.2 Å². The zero-order valence-corrected chi connectivity index (χ0v) is 14.9. The summed E-state index contributed by atoms with van der Waals surface area (Å²) in [5.41, 5.74) is 6.81. The summed E-state index contributed by atoms with van der Waals surface area (Å²) in [6.07, 6.45) is 1.46. The quantitative estimate of drug-likeness (QED) is 0.546. The van der Waals surface area contributed by atoms with Gasteiger partial charge >= 0.3 is 0 Å². The maximum Gasteiger partial charge on any atom is 0.271 e. The number of benzene rings is 3. The van der Waals surface area contributed by atoms with E-state index in [9.17, 15) is 13.6 Å². The highest BCUT2D eigenvalue weighted by Gasteiger charge is 2.20. The molecule has 0 spiro atoms. The van der Waals surface area contributed by atoms with E-state index in [4.69, 9.17) is 0 Å². The number of rotatable bonds is 4. The van der Waals surface area contributed by atoms with E-state index in [0.717, 1.165) is 16.8 Å². The van der Waals surface area contributed by atoms with Gasteiger partial charge in [0, 0.05) is 24.3 Å². The first kappa shape index (κ1) is 17.9. The van der Waals surface area contributed by atoms with Gasteiger partial charge in [-0.05, 0) is 65.2 Å². The van der Waals surface area contributed by atoms with Crippen molar-refractivity contribution in [2.45, 2.75) is 13.1 Å². The minimum Gasteiger partial charge on any atom is -0.363 e. The van der Waals surface area contributed by atoms with Crippen molar-refractivity contribution >= 4 is 17.8 Å². The molecular formula is C22H17F2N3O. The summed E-state index contributed by atoms with van der Waals surface area (Å²) in [5, 5.41) is 3.92. The van der Waals surface area contributed by atoms with Gasteiger partial charge in [0.1, 0.15) is 11.6 Å². The summed E-state index contributed by atoms with van der Waals surface area (Å²) in [5.74, 6) is -0.906. The average molecular weight is 377 g/mol. The minimum atomic E-state index is -0.325. The number of hydrogen-bond acceptors (Lipinski definition) is 3. The lowest BCUT2D eigenvalue weighted by molar-refractivity contribution is 0.0955. The Balaban J connectivity index is 1.42. The number of nitrogens with zero attached hydrogens (tertiary/aromatic N) is 2. The Kier molecular flexibility index (Phi) is 4.85. The standard InChI is InChI=1S/C22H17F2N3O/c23-19-5-1-15(2-6-19)12-25-26-22(28)16-3-4-17-13-27(14-18(17)11-16)21-9-7-20(24)8-10-21/h1-12H,13-14H2,(H,26,28)/b25-12+. The molecule has 0 fully saturated rings. The third-order valence-electron chi connectivity index (χ3n) is 4.63. The monoisotopic (exact) mass is 377 g/mol. The van der Waals surface area contributed by atoms with Gasteiger partial charge < -0.3 is 4.90 Å². The van der Waals surface area contributed by atoms with Crippen LogP contribution < -0.4 is 10.3 Å². The molecule has 0 saturated carbocycles. The van der Waals surface area contributed by atoms with Crippen LogP contribution in [0.2, 0.25) is 0 Å². The number of hydrogen-bond donors (Lipinski definition) is 1. The van der Waals surface area contributed by atoms with Crippen LogP contribution in [0.3, 0.4) is 0 Å². The Hall–Kier alpha value is -3.54. The first-order chi connectivity index (χ1) is 13.6. The Morgan fingerprint density at radius 1 is 0.893 bits per heavy atom. The molecule has 0 saturated heterocycles. The van der Waals surface area contributed by atoms with E-state index in [1.54, 1.807) is 30.3 Å². The molecule has 1 aliphatic heterocycles. The predicted octanol–water partition coefficient (Wildman–Crippen LogP) is 4.25. The largest absolute Gasteiger partial charge is 0.363 e. The Bertz CT molecular complexity index is 1030. The normalized spacial score (nSPS) is 13.0. The van der Waals surface area contributed by atoms with Gasteiger partial charge in [0.15, 0.2) is 0 Å². The molecule has 28 heavy (non-hydrogen) atoms. The summed E-state index contributed by atoms with van der Waals surface area (Å²) in [6, 6.07) is 17.7. The van der Waals surface area contributed by atoms with Gasteiger partial charge in [-0.25, -0.2) is 14.2 Å². The van der Waals surface area contributed by atoms with Crippen molar-refractivity contribution in [3.8, 4) is 0 Å². The summed E-state index contributed by atoms with van der Waals surface area (Å²) in [7, 11) is 0. The van der Waals surface area contributed by atoms with E-state index in [1.165, 1.54) is 30.5 Å². The molecular weight excluding hydrogens is 360 g/mol. The fourth-order valence-electron chi connectivity index (χ4n) is 3.15. The Morgan fingerprint density at radius 3 is 2.25 bits per heavy atom. The third kappa shape index (κ3) is 3.91. The fourth-order valence-corrected chi connectivity index (χ4v) is 3.15. The molecule has 1 amide bonds. The van der Waals surface area contributed by atoms with Crippen LogP contribution in [-0.2, 0) is 13.1 Å². The molecule has 1 aliphatic rings. The topological polar surface area (TPSA) is 44.7 Å². The fraction of sp³-hybridized carbons (Fsp3) is 0.0909. The first-order valence-corrected chi connectivity index (χ1v) is 8.80. The highest BCUT2D eigenvalue weighted by Crippen LogP contribution is 2.29. The lowest BCUT2D eigenvalue weighted by Crippen LogP contribution is -2.17. The highest BCUT2D eigenvalue weighted by atomic mass is 19.1. The van der Waals surface area contributed by atoms with Crippen LogP contribution in [0.5, 0.6) is 0 Å². The van der Waals surface area contributed by atoms with Gasteiger partial charge in [-0.1, -0.05) is 18.2 Å². The number of nitrogens with one attached hydrogen (secondary N) is 1. The smallest absolute Gasteiger partial charge is 0.271 e. The Labute approximate surface area is 161 Å². The molecule has 4 rings (SSSR count). The second-order valence-corrected chi connectivity index (χ2v) is 6.57. The Morgan fingerprint density at radius 2 is 1.54 bits per heavy atom. The van der Waals surface area contributed by atoms with Gasteiger partial charge in [0.25, 0.3) is 5.91 Å². The van der Waals surface area contributed by atoms with E-state index in [1.807, 2.05) is 12.1 Å². The van der Waals surface area contributed by atoms with Crippen molar-refractivity contribution in [2.24, 2.45) is 5.10 Å². The molecule has 3 aromatic rings. The maximum atomic E-state index is 13.1. The van der Waals surface area contributed by atoms with Gasteiger partial charge in [-0.2, -0.15) is 5.10 Å². The van der Waals surface area contributed by atoms with Crippen LogP contribution >= 0.6 is 0 Å². The molecule has 1 heterocycles. The number of carbonyl (C=O) groups excluding carboxylic acids is 1. The third-order valence-corrected chi connectivity index (χ3v) is 4.63. The van der Waals surface area contributed by atoms with E-state index in [-0.39, 0.29) is 17.5 Å². The van der Waals surface area contributed by atoms with Crippen LogP contribution in [-0.4, -0.2) is 12.1 Å². The molecule has 0 atom stereocenters. The molecule has 4 nitrogen and oxygen atoms in total. The number of amides is 1. The summed E-state index contributed by atoms with van der Waals surface area (Å²) < 4.78 is 26.0. The zero-order valence-electron chi connectivity index (χ0n) is 14.9. The van der Waals surface area contributed by atoms with Crippen LogP contribution in [0.4, 0.5) is 14.5 Å². The molecule has 0 unspecified atom stereocenters. The average Bonchev–Trinajstić information content (AvgIpc) is 3.13. The van der Waals surface area contributed by atoms with Gasteiger partial charge in [-0.3, -0.25) is 4.79 Å². The summed E-state index contributed by atoms with van der Waals surface area (Å²) in [6.45, 7) is 1.37. The van der Waals surface area contributed by atoms with Crippen molar-refractivity contribution in [1.29, 1.82) is 0 Å². The lowest BCUT2D eigenvalue weighted by Gasteiger charge is -2.17.